The van der Waals surface area contributed by atoms with Crippen LogP contribution >= 0.6 is 0 Å². The first kappa shape index (κ1) is 22.5. The molecule has 6 heteroatoms. The average molecular weight is 247 g/mol. The van der Waals surface area contributed by atoms with E-state index in [-0.39, 0.29) is 39.6 Å². The number of carbonyl (C=O) groups is 2. The second kappa shape index (κ2) is 11.9. The summed E-state index contributed by atoms with van der Waals surface area (Å²) in [7, 11) is 0. The van der Waals surface area contributed by atoms with E-state index in [1.54, 1.807) is 0 Å². The summed E-state index contributed by atoms with van der Waals surface area (Å²) in [4.78, 5) is 19.6. The van der Waals surface area contributed by atoms with Gasteiger partial charge in [0.15, 0.2) is 0 Å². The zero-order valence-electron chi connectivity index (χ0n) is 5.33. The SMILES string of the molecule is CC(=O)OC(C)=O.O.[Cu].[Cu]. The average Bonchev–Trinajstić information content (AvgIpc) is 1.27. The van der Waals surface area contributed by atoms with Gasteiger partial charge in [-0.2, -0.15) is 0 Å². The van der Waals surface area contributed by atoms with E-state index in [1.807, 2.05) is 0 Å². The fourth-order valence-electron chi connectivity index (χ4n) is 0.202. The van der Waals surface area contributed by atoms with Gasteiger partial charge in [-0.15, -0.1) is 0 Å². The number of hydrogen-bond acceptors (Lipinski definition) is 3. The van der Waals surface area contributed by atoms with Crippen LogP contribution in [0.15, 0.2) is 0 Å². The Morgan fingerprint density at radius 1 is 1.00 bits per heavy atom. The van der Waals surface area contributed by atoms with Crippen LogP contribution in [0.1, 0.15) is 13.8 Å². The van der Waals surface area contributed by atoms with Crippen molar-refractivity contribution in [3.05, 3.63) is 0 Å². The van der Waals surface area contributed by atoms with Gasteiger partial charge in [0.25, 0.3) is 0 Å². The van der Waals surface area contributed by atoms with Gasteiger partial charge in [-0.05, 0) is 0 Å². The van der Waals surface area contributed by atoms with Crippen molar-refractivity contribution >= 4 is 11.9 Å². The predicted molar refractivity (Wildman–Crippen MR) is 26.1 cm³/mol. The molecule has 0 aromatic rings. The zero-order chi connectivity index (χ0) is 5.86. The van der Waals surface area contributed by atoms with Crippen LogP contribution in [0.3, 0.4) is 0 Å². The van der Waals surface area contributed by atoms with E-state index in [1.165, 1.54) is 13.8 Å². The Bertz CT molecular complexity index is 91.4. The van der Waals surface area contributed by atoms with E-state index >= 15 is 0 Å². The molecule has 2 N–H and O–H groups in total. The third kappa shape index (κ3) is 24.2. The number of ether oxygens (including phenoxy) is 1. The van der Waals surface area contributed by atoms with Crippen LogP contribution in [-0.2, 0) is 48.5 Å². The summed E-state index contributed by atoms with van der Waals surface area (Å²) in [5.41, 5.74) is 0. The van der Waals surface area contributed by atoms with Gasteiger partial charge in [0.1, 0.15) is 0 Å². The first-order valence-electron chi connectivity index (χ1n) is 1.82. The summed E-state index contributed by atoms with van der Waals surface area (Å²) in [5.74, 6) is -1.12. The monoisotopic (exact) mass is 246 g/mol. The van der Waals surface area contributed by atoms with Crippen molar-refractivity contribution in [2.45, 2.75) is 13.8 Å². The number of carbonyl (C=O) groups excluding carboxylic acids is 2. The molecule has 2 radical (unpaired) electrons. The van der Waals surface area contributed by atoms with Crippen LogP contribution in [0, 0.1) is 0 Å². The van der Waals surface area contributed by atoms with Gasteiger partial charge in [0.2, 0.25) is 0 Å². The first-order valence-corrected chi connectivity index (χ1v) is 1.82. The summed E-state index contributed by atoms with van der Waals surface area (Å²) in [5, 5.41) is 0. The maximum absolute atomic E-state index is 9.81. The number of rotatable bonds is 0. The van der Waals surface area contributed by atoms with Crippen LogP contribution in [0.4, 0.5) is 0 Å². The first-order chi connectivity index (χ1) is 3.13. The second-order valence-electron chi connectivity index (χ2n) is 1.09. The van der Waals surface area contributed by atoms with Crippen molar-refractivity contribution in [3.8, 4) is 0 Å². The van der Waals surface area contributed by atoms with Crippen molar-refractivity contribution in [1.29, 1.82) is 0 Å². The second-order valence-corrected chi connectivity index (χ2v) is 1.09. The van der Waals surface area contributed by atoms with Crippen LogP contribution in [0.5, 0.6) is 0 Å². The molecule has 0 aliphatic heterocycles. The van der Waals surface area contributed by atoms with Gasteiger partial charge < -0.3 is 10.2 Å². The molecule has 10 heavy (non-hydrogen) atoms. The minimum Gasteiger partial charge on any atom is -0.412 e. The van der Waals surface area contributed by atoms with E-state index in [9.17, 15) is 9.59 Å². The Morgan fingerprint density at radius 2 is 1.20 bits per heavy atom. The van der Waals surface area contributed by atoms with E-state index < -0.39 is 11.9 Å². The van der Waals surface area contributed by atoms with Crippen LogP contribution in [0.2, 0.25) is 0 Å². The normalized spacial score (nSPS) is 5.40. The molecule has 0 spiro atoms. The Morgan fingerprint density at radius 3 is 1.20 bits per heavy atom. The summed E-state index contributed by atoms with van der Waals surface area (Å²) >= 11 is 0. The Hall–Kier alpha value is 0.139. The molecule has 0 bridgehead atoms. The van der Waals surface area contributed by atoms with Gasteiger partial charge in [-0.3, -0.25) is 9.59 Å². The molecule has 0 aromatic carbocycles. The van der Waals surface area contributed by atoms with E-state index in [0.29, 0.717) is 0 Å². The third-order valence-electron chi connectivity index (χ3n) is 0.287. The van der Waals surface area contributed by atoms with Crippen molar-refractivity contribution in [3.63, 3.8) is 0 Å². The molecular weight excluding hydrogens is 239 g/mol. The Balaban J connectivity index is -0.0000000600. The summed E-state index contributed by atoms with van der Waals surface area (Å²) in [6.07, 6.45) is 0. The zero-order valence-corrected chi connectivity index (χ0v) is 7.21. The quantitative estimate of drug-likeness (QED) is 0.321. The van der Waals surface area contributed by atoms with E-state index in [4.69, 9.17) is 0 Å². The van der Waals surface area contributed by atoms with Gasteiger partial charge in [-0.25, -0.2) is 0 Å². The van der Waals surface area contributed by atoms with Crippen LogP contribution in [0.25, 0.3) is 0 Å². The molecule has 0 unspecified atom stereocenters. The standard InChI is InChI=1S/C4H6O3.2Cu.H2O/c1-3(5)7-4(2)6;;;/h1-2H3;;;1H2. The summed E-state index contributed by atoms with van der Waals surface area (Å²) < 4.78 is 3.97. The topological polar surface area (TPSA) is 74.9 Å². The fourth-order valence-corrected chi connectivity index (χ4v) is 0.202. The number of esters is 2. The van der Waals surface area contributed by atoms with Crippen LogP contribution in [-0.4, -0.2) is 17.4 Å². The summed E-state index contributed by atoms with van der Waals surface area (Å²) in [6, 6.07) is 0. The fraction of sp³-hybridized carbons (Fsp3) is 0.500. The molecule has 0 rings (SSSR count). The van der Waals surface area contributed by atoms with E-state index in [2.05, 4.69) is 4.74 Å². The molecule has 0 aliphatic rings. The van der Waals surface area contributed by atoms with Gasteiger partial charge >= 0.3 is 11.9 Å². The molecular formula is C4H8Cu2O4. The molecule has 0 atom stereocenters. The van der Waals surface area contributed by atoms with Crippen molar-refractivity contribution in [2.24, 2.45) is 0 Å². The molecule has 0 fully saturated rings. The molecule has 0 saturated heterocycles. The minimum absolute atomic E-state index is 0. The molecule has 4 nitrogen and oxygen atoms in total. The molecule has 0 aliphatic carbocycles. The predicted octanol–water partition coefficient (Wildman–Crippen LogP) is -0.734. The molecule has 70 valence electrons. The van der Waals surface area contributed by atoms with Gasteiger partial charge in [0.05, 0.1) is 0 Å². The van der Waals surface area contributed by atoms with Gasteiger partial charge in [-0.1, -0.05) is 0 Å². The van der Waals surface area contributed by atoms with E-state index in [0.717, 1.165) is 0 Å². The van der Waals surface area contributed by atoms with Crippen LogP contribution < -0.4 is 0 Å². The van der Waals surface area contributed by atoms with Gasteiger partial charge in [0, 0.05) is 48.0 Å². The molecule has 0 aromatic heterocycles. The van der Waals surface area contributed by atoms with Crippen molar-refractivity contribution in [1.82, 2.24) is 0 Å². The van der Waals surface area contributed by atoms with Crippen molar-refractivity contribution in [2.75, 3.05) is 0 Å². The third-order valence-corrected chi connectivity index (χ3v) is 0.287. The maximum Gasteiger partial charge on any atom is 0.310 e. The smallest absolute Gasteiger partial charge is 0.310 e. The minimum atomic E-state index is -0.562. The largest absolute Gasteiger partial charge is 0.412 e. The number of hydrogen-bond donors (Lipinski definition) is 0. The molecule has 0 heterocycles. The van der Waals surface area contributed by atoms with Crippen molar-refractivity contribution < 1.29 is 53.9 Å². The maximum atomic E-state index is 9.81. The Kier molecular flexibility index (Phi) is 26.7. The molecule has 0 saturated carbocycles. The molecule has 0 amide bonds. The summed E-state index contributed by atoms with van der Waals surface area (Å²) in [6.45, 7) is 2.36. The Labute approximate surface area is 79.9 Å².